The number of carboxylic acids is 1. The Kier molecular flexibility index (Phi) is 6.17. The van der Waals surface area contributed by atoms with Crippen molar-refractivity contribution in [3.05, 3.63) is 75.1 Å². The molecule has 2 aromatic carbocycles. The summed E-state index contributed by atoms with van der Waals surface area (Å²) in [6, 6.07) is 13.0. The average Bonchev–Trinajstić information content (AvgIpc) is 3.05. The SMILES string of the molecule is Cc1cccc(C)c1CCC(=O)Nc1csc(-c2ccc(Cl)cc2)c1C(=O)O. The van der Waals surface area contributed by atoms with Crippen LogP contribution >= 0.6 is 22.9 Å². The van der Waals surface area contributed by atoms with Crippen LogP contribution in [0.1, 0.15) is 33.5 Å². The molecule has 2 N–H and O–H groups in total. The van der Waals surface area contributed by atoms with E-state index in [0.717, 1.165) is 22.3 Å². The molecule has 1 aromatic heterocycles. The van der Waals surface area contributed by atoms with Crippen molar-refractivity contribution in [1.29, 1.82) is 0 Å². The molecule has 0 radical (unpaired) electrons. The summed E-state index contributed by atoms with van der Waals surface area (Å²) in [7, 11) is 0. The lowest BCUT2D eigenvalue weighted by atomic mass is 9.98. The van der Waals surface area contributed by atoms with E-state index in [4.69, 9.17) is 11.6 Å². The zero-order chi connectivity index (χ0) is 20.3. The Balaban J connectivity index is 1.77. The van der Waals surface area contributed by atoms with Gasteiger partial charge in [0.15, 0.2) is 0 Å². The van der Waals surface area contributed by atoms with Crippen molar-refractivity contribution in [3.63, 3.8) is 0 Å². The highest BCUT2D eigenvalue weighted by molar-refractivity contribution is 7.14. The molecule has 0 fully saturated rings. The molecule has 0 aliphatic rings. The second kappa shape index (κ2) is 8.59. The van der Waals surface area contributed by atoms with Crippen molar-refractivity contribution in [2.45, 2.75) is 26.7 Å². The van der Waals surface area contributed by atoms with Crippen molar-refractivity contribution < 1.29 is 14.7 Å². The number of aromatic carboxylic acids is 1. The molecule has 144 valence electrons. The molecule has 0 aliphatic heterocycles. The Morgan fingerprint density at radius 2 is 1.71 bits per heavy atom. The summed E-state index contributed by atoms with van der Waals surface area (Å²) in [6.45, 7) is 4.06. The molecular formula is C22H20ClNO3S. The molecule has 0 aliphatic carbocycles. The fraction of sp³-hybridized carbons (Fsp3) is 0.182. The molecule has 28 heavy (non-hydrogen) atoms. The maximum Gasteiger partial charge on any atom is 0.339 e. The van der Waals surface area contributed by atoms with Gasteiger partial charge in [0.2, 0.25) is 5.91 Å². The van der Waals surface area contributed by atoms with Gasteiger partial charge in [-0.2, -0.15) is 0 Å². The Morgan fingerprint density at radius 1 is 1.07 bits per heavy atom. The van der Waals surface area contributed by atoms with E-state index in [1.807, 2.05) is 32.0 Å². The van der Waals surface area contributed by atoms with Gasteiger partial charge < -0.3 is 10.4 Å². The first-order valence-electron chi connectivity index (χ1n) is 8.82. The summed E-state index contributed by atoms with van der Waals surface area (Å²) < 4.78 is 0. The third kappa shape index (κ3) is 4.43. The first kappa shape index (κ1) is 20.1. The lowest BCUT2D eigenvalue weighted by Gasteiger charge is -2.10. The van der Waals surface area contributed by atoms with Gasteiger partial charge in [-0.1, -0.05) is 41.9 Å². The van der Waals surface area contributed by atoms with E-state index in [1.54, 1.807) is 29.6 Å². The van der Waals surface area contributed by atoms with Crippen LogP contribution in [0.4, 0.5) is 5.69 Å². The van der Waals surface area contributed by atoms with Gasteiger partial charge in [0, 0.05) is 16.8 Å². The molecule has 3 aromatic rings. The largest absolute Gasteiger partial charge is 0.478 e. The topological polar surface area (TPSA) is 66.4 Å². The van der Waals surface area contributed by atoms with Crippen molar-refractivity contribution >= 4 is 40.5 Å². The lowest BCUT2D eigenvalue weighted by molar-refractivity contribution is -0.116. The zero-order valence-corrected chi connectivity index (χ0v) is 17.2. The van der Waals surface area contributed by atoms with Crippen LogP contribution in [0.15, 0.2) is 47.8 Å². The first-order chi connectivity index (χ1) is 13.4. The maximum absolute atomic E-state index is 12.5. The molecule has 3 rings (SSSR count). The number of amides is 1. The van der Waals surface area contributed by atoms with Crippen LogP contribution in [0.5, 0.6) is 0 Å². The van der Waals surface area contributed by atoms with Crippen LogP contribution in [-0.4, -0.2) is 17.0 Å². The Bertz CT molecular complexity index is 1000. The molecule has 4 nitrogen and oxygen atoms in total. The molecule has 0 bridgehead atoms. The van der Waals surface area contributed by atoms with Gasteiger partial charge >= 0.3 is 5.97 Å². The van der Waals surface area contributed by atoms with Gasteiger partial charge in [-0.05, 0) is 54.7 Å². The predicted molar refractivity (Wildman–Crippen MR) is 115 cm³/mol. The second-order valence-corrected chi connectivity index (χ2v) is 7.90. The number of carbonyl (C=O) groups is 2. The lowest BCUT2D eigenvalue weighted by Crippen LogP contribution is -2.15. The van der Waals surface area contributed by atoms with Crippen LogP contribution in [0.3, 0.4) is 0 Å². The highest BCUT2D eigenvalue weighted by atomic mass is 35.5. The van der Waals surface area contributed by atoms with Crippen LogP contribution < -0.4 is 5.32 Å². The summed E-state index contributed by atoms with van der Waals surface area (Å²) in [5, 5.41) is 14.7. The van der Waals surface area contributed by atoms with Crippen LogP contribution in [0.25, 0.3) is 10.4 Å². The van der Waals surface area contributed by atoms with E-state index in [1.165, 1.54) is 11.3 Å². The predicted octanol–water partition coefficient (Wildman–Crippen LogP) is 5.95. The van der Waals surface area contributed by atoms with Crippen molar-refractivity contribution in [3.8, 4) is 10.4 Å². The number of carboxylic acid groups (broad SMARTS) is 1. The number of aryl methyl sites for hydroxylation is 2. The minimum Gasteiger partial charge on any atom is -0.478 e. The second-order valence-electron chi connectivity index (χ2n) is 6.58. The summed E-state index contributed by atoms with van der Waals surface area (Å²) in [4.78, 5) is 24.9. The standard InChI is InChI=1S/C22H20ClNO3S/c1-13-4-3-5-14(2)17(13)10-11-19(25)24-18-12-28-21(20(18)22(26)27)15-6-8-16(23)9-7-15/h3-9,12H,10-11H2,1-2H3,(H,24,25)(H,26,27). The molecule has 6 heteroatoms. The van der Waals surface area contributed by atoms with E-state index in [0.29, 0.717) is 22.0 Å². The van der Waals surface area contributed by atoms with Gasteiger partial charge in [-0.15, -0.1) is 11.3 Å². The molecule has 0 saturated heterocycles. The molecule has 1 amide bonds. The average molecular weight is 414 g/mol. The number of rotatable bonds is 6. The summed E-state index contributed by atoms with van der Waals surface area (Å²) in [5.41, 5.74) is 4.65. The van der Waals surface area contributed by atoms with Gasteiger partial charge in [0.25, 0.3) is 0 Å². The fourth-order valence-electron chi connectivity index (χ4n) is 3.17. The van der Waals surface area contributed by atoms with Gasteiger partial charge in [0.05, 0.1) is 10.6 Å². The summed E-state index contributed by atoms with van der Waals surface area (Å²) >= 11 is 7.20. The third-order valence-electron chi connectivity index (χ3n) is 4.63. The minimum atomic E-state index is -1.07. The van der Waals surface area contributed by atoms with Gasteiger partial charge in [0.1, 0.15) is 5.56 Å². The van der Waals surface area contributed by atoms with E-state index in [9.17, 15) is 14.7 Å². The number of hydrogen-bond acceptors (Lipinski definition) is 3. The number of hydrogen-bond donors (Lipinski definition) is 2. The first-order valence-corrected chi connectivity index (χ1v) is 10.1. The zero-order valence-electron chi connectivity index (χ0n) is 15.6. The number of nitrogens with one attached hydrogen (secondary N) is 1. The smallest absolute Gasteiger partial charge is 0.339 e. The molecule has 0 atom stereocenters. The van der Waals surface area contributed by atoms with Crippen molar-refractivity contribution in [1.82, 2.24) is 0 Å². The van der Waals surface area contributed by atoms with Crippen molar-refractivity contribution in [2.75, 3.05) is 5.32 Å². The Labute approximate surface area is 172 Å². The number of halogens is 1. The van der Waals surface area contributed by atoms with Crippen LogP contribution in [-0.2, 0) is 11.2 Å². The van der Waals surface area contributed by atoms with E-state index >= 15 is 0 Å². The fourth-order valence-corrected chi connectivity index (χ4v) is 4.30. The molecule has 1 heterocycles. The van der Waals surface area contributed by atoms with Gasteiger partial charge in [-0.3, -0.25) is 4.79 Å². The molecule has 0 spiro atoms. The van der Waals surface area contributed by atoms with E-state index in [2.05, 4.69) is 5.32 Å². The number of thiophene rings is 1. The van der Waals surface area contributed by atoms with E-state index < -0.39 is 5.97 Å². The third-order valence-corrected chi connectivity index (χ3v) is 5.91. The number of anilines is 1. The monoisotopic (exact) mass is 413 g/mol. The number of carbonyl (C=O) groups excluding carboxylic acids is 1. The minimum absolute atomic E-state index is 0.104. The summed E-state index contributed by atoms with van der Waals surface area (Å²) in [6.07, 6.45) is 0.901. The molecular weight excluding hydrogens is 394 g/mol. The summed E-state index contributed by atoms with van der Waals surface area (Å²) in [5.74, 6) is -1.28. The molecule has 0 saturated carbocycles. The quantitative estimate of drug-likeness (QED) is 0.524. The normalized spacial score (nSPS) is 10.7. The van der Waals surface area contributed by atoms with Crippen LogP contribution in [0, 0.1) is 13.8 Å². The van der Waals surface area contributed by atoms with Crippen LogP contribution in [0.2, 0.25) is 5.02 Å². The highest BCUT2D eigenvalue weighted by Gasteiger charge is 2.21. The van der Waals surface area contributed by atoms with Crippen molar-refractivity contribution in [2.24, 2.45) is 0 Å². The van der Waals surface area contributed by atoms with Gasteiger partial charge in [-0.25, -0.2) is 4.79 Å². The van der Waals surface area contributed by atoms with E-state index in [-0.39, 0.29) is 17.9 Å². The molecule has 0 unspecified atom stereocenters. The Morgan fingerprint density at radius 3 is 2.32 bits per heavy atom. The Hall–Kier alpha value is -2.63. The maximum atomic E-state index is 12.5. The highest BCUT2D eigenvalue weighted by Crippen LogP contribution is 2.36. The number of benzene rings is 2.